The lowest BCUT2D eigenvalue weighted by molar-refractivity contribution is -0.159. The van der Waals surface area contributed by atoms with Crippen molar-refractivity contribution in [3.8, 4) is 0 Å². The maximum atomic E-state index is 10.6. The maximum Gasteiger partial charge on any atom is 0.337 e. The largest absolute Gasteiger partial charge is 0.469 e. The molecular weight excluding hydrogens is 180 g/mol. The summed E-state index contributed by atoms with van der Waals surface area (Å²) in [7, 11) is 2.20. The normalized spacial score (nSPS) is 14.5. The third-order valence-electron chi connectivity index (χ3n) is 1.41. The molecule has 0 spiro atoms. The van der Waals surface area contributed by atoms with E-state index in [1.54, 1.807) is 0 Å². The van der Waals surface area contributed by atoms with Gasteiger partial charge in [-0.1, -0.05) is 0 Å². The molecule has 0 heterocycles. The zero-order chi connectivity index (χ0) is 10.4. The Hall–Kier alpha value is -1.14. The summed E-state index contributed by atoms with van der Waals surface area (Å²) in [5.41, 5.74) is 0. The average Bonchev–Trinajstić information content (AvgIpc) is 2.14. The second kappa shape index (κ2) is 5.50. The van der Waals surface area contributed by atoms with Gasteiger partial charge in [-0.15, -0.1) is 0 Å². The van der Waals surface area contributed by atoms with Crippen LogP contribution in [0.4, 0.5) is 0 Å². The lowest BCUT2D eigenvalue weighted by Gasteiger charge is -2.13. The molecule has 0 saturated carbocycles. The summed E-state index contributed by atoms with van der Waals surface area (Å²) in [6.07, 6.45) is -3.67. The monoisotopic (exact) mass is 192 g/mol. The molecule has 0 aromatic rings. The molecule has 0 aliphatic carbocycles. The van der Waals surface area contributed by atoms with Crippen molar-refractivity contribution >= 4 is 11.9 Å². The van der Waals surface area contributed by atoms with Crippen LogP contribution in [0, 0.1) is 0 Å². The molecule has 0 aliphatic rings. The van der Waals surface area contributed by atoms with Crippen LogP contribution in [0.15, 0.2) is 0 Å². The van der Waals surface area contributed by atoms with Gasteiger partial charge in [-0.25, -0.2) is 4.79 Å². The molecule has 2 N–H and O–H groups in total. The van der Waals surface area contributed by atoms with Crippen molar-refractivity contribution in [2.24, 2.45) is 0 Å². The summed E-state index contributed by atoms with van der Waals surface area (Å²) < 4.78 is 8.37. The molecule has 0 saturated heterocycles. The molecule has 0 radical (unpaired) electrons. The minimum Gasteiger partial charge on any atom is -0.469 e. The molecule has 6 heteroatoms. The number of ether oxygens (including phenoxy) is 2. The molecule has 0 fully saturated rings. The summed E-state index contributed by atoms with van der Waals surface area (Å²) >= 11 is 0. The number of hydrogen-bond acceptors (Lipinski definition) is 6. The van der Waals surface area contributed by atoms with Crippen molar-refractivity contribution in [2.75, 3.05) is 14.2 Å². The Bertz CT molecular complexity index is 189. The van der Waals surface area contributed by atoms with E-state index < -0.39 is 30.6 Å². The van der Waals surface area contributed by atoms with Gasteiger partial charge in [-0.3, -0.25) is 4.79 Å². The highest BCUT2D eigenvalue weighted by Gasteiger charge is 2.27. The number of methoxy groups -OCH3 is 2. The van der Waals surface area contributed by atoms with Crippen LogP contribution in [0.3, 0.4) is 0 Å². The van der Waals surface area contributed by atoms with E-state index in [-0.39, 0.29) is 0 Å². The van der Waals surface area contributed by atoms with Crippen LogP contribution in [0.5, 0.6) is 0 Å². The Balaban J connectivity index is 4.02. The molecule has 6 nitrogen and oxygen atoms in total. The lowest BCUT2D eigenvalue weighted by atomic mass is 10.1. The van der Waals surface area contributed by atoms with Crippen LogP contribution >= 0.6 is 0 Å². The number of hydrogen-bond donors (Lipinski definition) is 2. The SMILES string of the molecule is COC(=O)CC(O)C(O)C(=O)OC. The fraction of sp³-hybridized carbons (Fsp3) is 0.714. The van der Waals surface area contributed by atoms with Crippen molar-refractivity contribution < 1.29 is 29.3 Å². The molecule has 0 aromatic carbocycles. The average molecular weight is 192 g/mol. The molecule has 76 valence electrons. The van der Waals surface area contributed by atoms with Crippen molar-refractivity contribution in [2.45, 2.75) is 18.6 Å². The van der Waals surface area contributed by atoms with Crippen molar-refractivity contribution in [1.82, 2.24) is 0 Å². The first kappa shape index (κ1) is 11.9. The van der Waals surface area contributed by atoms with Gasteiger partial charge in [0.05, 0.1) is 20.6 Å². The van der Waals surface area contributed by atoms with Gasteiger partial charge in [-0.05, 0) is 0 Å². The Kier molecular flexibility index (Phi) is 5.01. The molecule has 0 rings (SSSR count). The second-order valence-corrected chi connectivity index (χ2v) is 2.32. The molecule has 13 heavy (non-hydrogen) atoms. The van der Waals surface area contributed by atoms with Crippen LogP contribution < -0.4 is 0 Å². The number of rotatable bonds is 4. The van der Waals surface area contributed by atoms with Crippen LogP contribution in [-0.2, 0) is 19.1 Å². The Labute approximate surface area is 75.1 Å². The molecule has 0 aromatic heterocycles. The van der Waals surface area contributed by atoms with E-state index in [4.69, 9.17) is 10.2 Å². The fourth-order valence-electron chi connectivity index (χ4n) is 0.644. The van der Waals surface area contributed by atoms with E-state index in [1.165, 1.54) is 0 Å². The van der Waals surface area contributed by atoms with Crippen LogP contribution in [0.1, 0.15) is 6.42 Å². The van der Waals surface area contributed by atoms with Gasteiger partial charge in [0.15, 0.2) is 6.10 Å². The molecule has 0 bridgehead atoms. The molecule has 2 unspecified atom stereocenters. The first-order valence-electron chi connectivity index (χ1n) is 3.53. The smallest absolute Gasteiger partial charge is 0.337 e. The van der Waals surface area contributed by atoms with E-state index in [9.17, 15) is 9.59 Å². The van der Waals surface area contributed by atoms with E-state index in [0.29, 0.717) is 0 Å². The summed E-state index contributed by atoms with van der Waals surface area (Å²) in [5, 5.41) is 18.1. The predicted molar refractivity (Wildman–Crippen MR) is 40.7 cm³/mol. The maximum absolute atomic E-state index is 10.6. The minimum absolute atomic E-state index is 0.452. The highest BCUT2D eigenvalue weighted by atomic mass is 16.5. The van der Waals surface area contributed by atoms with E-state index in [1.807, 2.05) is 0 Å². The van der Waals surface area contributed by atoms with Gasteiger partial charge in [0.2, 0.25) is 0 Å². The van der Waals surface area contributed by atoms with Gasteiger partial charge in [-0.2, -0.15) is 0 Å². The topological polar surface area (TPSA) is 93.1 Å². The second-order valence-electron chi connectivity index (χ2n) is 2.32. The predicted octanol–water partition coefficient (Wildman–Crippen LogP) is -1.56. The van der Waals surface area contributed by atoms with Gasteiger partial charge in [0.25, 0.3) is 0 Å². The summed E-state index contributed by atoms with van der Waals surface area (Å²) in [4.78, 5) is 21.2. The van der Waals surface area contributed by atoms with Gasteiger partial charge in [0, 0.05) is 0 Å². The first-order chi connectivity index (χ1) is 6.02. The summed E-state index contributed by atoms with van der Waals surface area (Å²) in [5.74, 6) is -1.70. The summed E-state index contributed by atoms with van der Waals surface area (Å²) in [6, 6.07) is 0. The fourth-order valence-corrected chi connectivity index (χ4v) is 0.644. The molecule has 0 amide bonds. The Morgan fingerprint density at radius 2 is 1.77 bits per heavy atom. The zero-order valence-corrected chi connectivity index (χ0v) is 7.39. The lowest BCUT2D eigenvalue weighted by Crippen LogP contribution is -2.36. The third kappa shape index (κ3) is 3.86. The Morgan fingerprint density at radius 3 is 2.15 bits per heavy atom. The number of aliphatic hydroxyl groups excluding tert-OH is 2. The zero-order valence-electron chi connectivity index (χ0n) is 7.39. The Morgan fingerprint density at radius 1 is 1.23 bits per heavy atom. The highest BCUT2D eigenvalue weighted by Crippen LogP contribution is 2.01. The number of esters is 2. The number of aliphatic hydroxyl groups is 2. The summed E-state index contributed by atoms with van der Waals surface area (Å²) in [6.45, 7) is 0. The quantitative estimate of drug-likeness (QED) is 0.523. The van der Waals surface area contributed by atoms with Crippen molar-refractivity contribution in [3.63, 3.8) is 0 Å². The van der Waals surface area contributed by atoms with Crippen LogP contribution in [0.25, 0.3) is 0 Å². The van der Waals surface area contributed by atoms with Gasteiger partial charge >= 0.3 is 11.9 Å². The van der Waals surface area contributed by atoms with E-state index in [2.05, 4.69) is 9.47 Å². The minimum atomic E-state index is -1.72. The highest BCUT2D eigenvalue weighted by molar-refractivity contribution is 5.77. The third-order valence-corrected chi connectivity index (χ3v) is 1.41. The molecule has 2 atom stereocenters. The van der Waals surface area contributed by atoms with Crippen LogP contribution in [0.2, 0.25) is 0 Å². The first-order valence-corrected chi connectivity index (χ1v) is 3.53. The van der Waals surface area contributed by atoms with Crippen molar-refractivity contribution in [3.05, 3.63) is 0 Å². The molecular formula is C7H12O6. The van der Waals surface area contributed by atoms with E-state index >= 15 is 0 Å². The van der Waals surface area contributed by atoms with E-state index in [0.717, 1.165) is 14.2 Å². The number of carbonyl (C=O) groups is 2. The van der Waals surface area contributed by atoms with Gasteiger partial charge in [0.1, 0.15) is 6.10 Å². The standard InChI is InChI=1S/C7H12O6/c1-12-5(9)3-4(8)6(10)7(11)13-2/h4,6,8,10H,3H2,1-2H3. The molecule has 0 aliphatic heterocycles. The number of carbonyl (C=O) groups excluding carboxylic acids is 2. The van der Waals surface area contributed by atoms with Crippen LogP contribution in [-0.4, -0.2) is 48.6 Å². The van der Waals surface area contributed by atoms with Crippen molar-refractivity contribution in [1.29, 1.82) is 0 Å². The van der Waals surface area contributed by atoms with Gasteiger partial charge < -0.3 is 19.7 Å².